The minimum absolute atomic E-state index is 0.0877. The molecule has 0 aromatic heterocycles. The lowest BCUT2D eigenvalue weighted by Gasteiger charge is -2.44. The number of likely N-dealkylation sites (tertiary alicyclic amines) is 1. The summed E-state index contributed by atoms with van der Waals surface area (Å²) < 4.78 is 0. The van der Waals surface area contributed by atoms with Crippen LogP contribution < -0.4 is 0 Å². The zero-order chi connectivity index (χ0) is 15.0. The average Bonchev–Trinajstić information content (AvgIpc) is 2.51. The second-order valence-corrected chi connectivity index (χ2v) is 5.83. The van der Waals surface area contributed by atoms with Crippen LogP contribution >= 0.6 is 0 Å². The van der Waals surface area contributed by atoms with E-state index in [0.29, 0.717) is 24.8 Å². The fourth-order valence-corrected chi connectivity index (χ4v) is 3.51. The Bertz CT molecular complexity index is 610. The van der Waals surface area contributed by atoms with Crippen LogP contribution in [0.25, 0.3) is 0 Å². The molecule has 1 aliphatic carbocycles. The van der Waals surface area contributed by atoms with Gasteiger partial charge in [0.2, 0.25) is 5.91 Å². The van der Waals surface area contributed by atoms with E-state index in [1.165, 1.54) is 4.90 Å². The van der Waals surface area contributed by atoms with Gasteiger partial charge in [0.15, 0.2) is 5.78 Å². The number of rotatable bonds is 2. The number of aryl methyl sites for hydroxylation is 1. The molecular weight excluding hydrogens is 266 g/mol. The van der Waals surface area contributed by atoms with Crippen LogP contribution in [0.2, 0.25) is 0 Å². The van der Waals surface area contributed by atoms with Crippen molar-refractivity contribution >= 4 is 11.7 Å². The van der Waals surface area contributed by atoms with E-state index in [0.717, 1.165) is 12.0 Å². The first kappa shape index (κ1) is 14.0. The van der Waals surface area contributed by atoms with Crippen LogP contribution in [0, 0.1) is 5.41 Å². The van der Waals surface area contributed by atoms with Crippen molar-refractivity contribution in [2.24, 2.45) is 5.41 Å². The molecule has 1 aromatic rings. The third-order valence-corrected chi connectivity index (χ3v) is 4.70. The van der Waals surface area contributed by atoms with Crippen LogP contribution in [0.15, 0.2) is 36.9 Å². The quantitative estimate of drug-likeness (QED) is 0.667. The number of aliphatic hydroxyl groups is 1. The fourth-order valence-electron chi connectivity index (χ4n) is 3.51. The molecule has 1 heterocycles. The van der Waals surface area contributed by atoms with Crippen molar-refractivity contribution in [1.82, 2.24) is 4.90 Å². The summed E-state index contributed by atoms with van der Waals surface area (Å²) in [4.78, 5) is 27.1. The first-order valence-electron chi connectivity index (χ1n) is 7.33. The maximum absolute atomic E-state index is 12.9. The number of fused-ring (bicyclic) bond motifs is 1. The molecule has 2 atom stereocenters. The van der Waals surface area contributed by atoms with Crippen LogP contribution in [0.1, 0.15) is 35.2 Å². The number of carbonyl (C=O) groups excluding carboxylic acids is 2. The molecule has 1 N–H and O–H groups in total. The molecule has 110 valence electrons. The third kappa shape index (κ3) is 2.02. The number of ketones is 1. The maximum atomic E-state index is 12.9. The molecule has 0 radical (unpaired) electrons. The summed E-state index contributed by atoms with van der Waals surface area (Å²) in [5.41, 5.74) is 0.686. The van der Waals surface area contributed by atoms with Gasteiger partial charge >= 0.3 is 0 Å². The number of aliphatic hydroxyl groups excluding tert-OH is 1. The standard InChI is InChI=1S/C17H19NO3/c1-2-11-18-14(19)8-10-17(16(18)21)9-7-12-5-3-4-6-13(12)15(17)20/h2-6,14,19H,1,7-11H2. The molecule has 1 aliphatic heterocycles. The predicted molar refractivity (Wildman–Crippen MR) is 78.7 cm³/mol. The van der Waals surface area contributed by atoms with Gasteiger partial charge in [0, 0.05) is 12.1 Å². The van der Waals surface area contributed by atoms with Crippen LogP contribution in [0.3, 0.4) is 0 Å². The zero-order valence-electron chi connectivity index (χ0n) is 11.9. The van der Waals surface area contributed by atoms with Gasteiger partial charge in [0.1, 0.15) is 11.6 Å². The monoisotopic (exact) mass is 285 g/mol. The van der Waals surface area contributed by atoms with Crippen LogP contribution in [0.4, 0.5) is 0 Å². The lowest BCUT2D eigenvalue weighted by molar-refractivity contribution is -0.157. The molecule has 1 spiro atoms. The summed E-state index contributed by atoms with van der Waals surface area (Å²) in [5, 5.41) is 10.0. The number of carbonyl (C=O) groups is 2. The molecule has 2 aliphatic rings. The Morgan fingerprint density at radius 3 is 2.86 bits per heavy atom. The molecule has 1 fully saturated rings. The van der Waals surface area contributed by atoms with Gasteiger partial charge in [-0.25, -0.2) is 0 Å². The van der Waals surface area contributed by atoms with Crippen molar-refractivity contribution in [2.45, 2.75) is 31.9 Å². The number of hydrogen-bond acceptors (Lipinski definition) is 3. The Morgan fingerprint density at radius 2 is 2.10 bits per heavy atom. The summed E-state index contributed by atoms with van der Waals surface area (Å²) in [5.74, 6) is -0.337. The van der Waals surface area contributed by atoms with Crippen LogP contribution in [-0.2, 0) is 11.2 Å². The fraction of sp³-hybridized carbons (Fsp3) is 0.412. The van der Waals surface area contributed by atoms with Gasteiger partial charge in [-0.15, -0.1) is 6.58 Å². The summed E-state index contributed by atoms with van der Waals surface area (Å²) in [7, 11) is 0. The topological polar surface area (TPSA) is 57.6 Å². The Kier molecular flexibility index (Phi) is 3.41. The second-order valence-electron chi connectivity index (χ2n) is 5.83. The molecule has 1 amide bonds. The Labute approximate surface area is 124 Å². The van der Waals surface area contributed by atoms with Crippen molar-refractivity contribution in [3.05, 3.63) is 48.0 Å². The van der Waals surface area contributed by atoms with Gasteiger partial charge in [-0.05, 0) is 31.2 Å². The van der Waals surface area contributed by atoms with Gasteiger partial charge in [-0.2, -0.15) is 0 Å². The van der Waals surface area contributed by atoms with Gasteiger partial charge in [0.25, 0.3) is 0 Å². The number of nitrogens with zero attached hydrogens (tertiary/aromatic N) is 1. The summed E-state index contributed by atoms with van der Waals surface area (Å²) in [6.45, 7) is 3.90. The lowest BCUT2D eigenvalue weighted by atomic mass is 9.65. The Balaban J connectivity index is 2.00. The molecular formula is C17H19NO3. The zero-order valence-corrected chi connectivity index (χ0v) is 11.9. The van der Waals surface area contributed by atoms with E-state index in [9.17, 15) is 14.7 Å². The van der Waals surface area contributed by atoms with Crippen LogP contribution in [0.5, 0.6) is 0 Å². The van der Waals surface area contributed by atoms with Crippen molar-refractivity contribution in [1.29, 1.82) is 0 Å². The highest BCUT2D eigenvalue weighted by Gasteiger charge is 2.53. The maximum Gasteiger partial charge on any atom is 0.238 e. The van der Waals surface area contributed by atoms with Gasteiger partial charge < -0.3 is 10.0 Å². The first-order chi connectivity index (χ1) is 10.1. The normalized spacial score (nSPS) is 28.6. The van der Waals surface area contributed by atoms with Crippen molar-refractivity contribution < 1.29 is 14.7 Å². The number of benzene rings is 1. The minimum atomic E-state index is -0.989. The van der Waals surface area contributed by atoms with E-state index < -0.39 is 11.6 Å². The molecule has 4 heteroatoms. The Morgan fingerprint density at radius 1 is 1.33 bits per heavy atom. The van der Waals surface area contributed by atoms with Crippen molar-refractivity contribution in [3.63, 3.8) is 0 Å². The molecule has 1 saturated heterocycles. The smallest absolute Gasteiger partial charge is 0.238 e. The molecule has 0 bridgehead atoms. The van der Waals surface area contributed by atoms with Crippen molar-refractivity contribution in [3.8, 4) is 0 Å². The molecule has 4 nitrogen and oxygen atoms in total. The third-order valence-electron chi connectivity index (χ3n) is 4.70. The predicted octanol–water partition coefficient (Wildman–Crippen LogP) is 1.93. The van der Waals surface area contributed by atoms with E-state index in [2.05, 4.69) is 6.58 Å². The molecule has 2 unspecified atom stereocenters. The molecule has 21 heavy (non-hydrogen) atoms. The highest BCUT2D eigenvalue weighted by molar-refractivity contribution is 6.15. The number of piperidine rings is 1. The highest BCUT2D eigenvalue weighted by atomic mass is 16.3. The summed E-state index contributed by atoms with van der Waals surface area (Å²) >= 11 is 0. The number of amides is 1. The Hall–Kier alpha value is -1.94. The van der Waals surface area contributed by atoms with Gasteiger partial charge in [-0.3, -0.25) is 9.59 Å². The van der Waals surface area contributed by atoms with Crippen LogP contribution in [-0.4, -0.2) is 34.5 Å². The highest BCUT2D eigenvalue weighted by Crippen LogP contribution is 2.44. The van der Waals surface area contributed by atoms with E-state index >= 15 is 0 Å². The minimum Gasteiger partial charge on any atom is -0.374 e. The largest absolute Gasteiger partial charge is 0.374 e. The van der Waals surface area contributed by atoms with Gasteiger partial charge in [-0.1, -0.05) is 30.3 Å². The van der Waals surface area contributed by atoms with Crippen molar-refractivity contribution in [2.75, 3.05) is 6.54 Å². The number of Topliss-reactive ketones (excluding diaryl/α,β-unsaturated/α-hetero) is 1. The number of hydrogen-bond donors (Lipinski definition) is 1. The molecule has 0 saturated carbocycles. The second kappa shape index (κ2) is 5.11. The van der Waals surface area contributed by atoms with E-state index in [1.807, 2.05) is 18.2 Å². The molecule has 3 rings (SSSR count). The van der Waals surface area contributed by atoms with E-state index in [1.54, 1.807) is 12.1 Å². The van der Waals surface area contributed by atoms with Gasteiger partial charge in [0.05, 0.1) is 0 Å². The SMILES string of the molecule is C=CCN1C(=O)C2(CCc3ccccc3C2=O)CCC1O. The van der Waals surface area contributed by atoms with E-state index in [-0.39, 0.29) is 18.2 Å². The average molecular weight is 285 g/mol. The summed E-state index contributed by atoms with van der Waals surface area (Å²) in [6, 6.07) is 7.50. The van der Waals surface area contributed by atoms with E-state index in [4.69, 9.17) is 0 Å². The summed E-state index contributed by atoms with van der Waals surface area (Å²) in [6.07, 6.45) is 2.89. The lowest BCUT2D eigenvalue weighted by Crippen LogP contribution is -2.57. The molecule has 1 aromatic carbocycles. The first-order valence-corrected chi connectivity index (χ1v) is 7.33.